The highest BCUT2D eigenvalue weighted by molar-refractivity contribution is 14.0. The van der Waals surface area contributed by atoms with E-state index in [0.717, 1.165) is 82.9 Å². The normalized spacial score (nSPS) is 19.8. The van der Waals surface area contributed by atoms with Crippen molar-refractivity contribution in [1.29, 1.82) is 0 Å². The van der Waals surface area contributed by atoms with E-state index in [2.05, 4.69) is 61.0 Å². The molecule has 9 nitrogen and oxygen atoms in total. The Bertz CT molecular complexity index is 869. The lowest BCUT2D eigenvalue weighted by Gasteiger charge is -2.35. The van der Waals surface area contributed by atoms with Crippen LogP contribution >= 0.6 is 24.0 Å². The number of morpholine rings is 1. The van der Waals surface area contributed by atoms with Crippen molar-refractivity contribution in [2.45, 2.75) is 32.4 Å². The second kappa shape index (κ2) is 13.1. The van der Waals surface area contributed by atoms with Crippen LogP contribution in [-0.2, 0) is 18.3 Å². The fraction of sp³-hybridized carbons (Fsp3) is 0.609. The molecule has 2 saturated heterocycles. The average molecular weight is 569 g/mol. The van der Waals surface area contributed by atoms with Gasteiger partial charge >= 0.3 is 0 Å². The van der Waals surface area contributed by atoms with E-state index in [4.69, 9.17) is 9.73 Å². The number of aromatic nitrogens is 3. The maximum Gasteiger partial charge on any atom is 0.192 e. The topological polar surface area (TPSA) is 82.8 Å². The molecule has 2 aliphatic rings. The molecule has 0 spiro atoms. The fourth-order valence-electron chi connectivity index (χ4n) is 4.21. The molecule has 2 aliphatic heterocycles. The summed E-state index contributed by atoms with van der Waals surface area (Å²) in [5.41, 5.74) is 1.28. The van der Waals surface area contributed by atoms with E-state index in [-0.39, 0.29) is 24.0 Å². The number of guanidine groups is 1. The third kappa shape index (κ3) is 7.54. The van der Waals surface area contributed by atoms with Crippen LogP contribution in [0.4, 0.5) is 5.69 Å². The van der Waals surface area contributed by atoms with Gasteiger partial charge in [0.05, 0.1) is 13.2 Å². The lowest BCUT2D eigenvalue weighted by molar-refractivity contribution is 0.0389. The van der Waals surface area contributed by atoms with Crippen molar-refractivity contribution in [2.75, 3.05) is 57.4 Å². The van der Waals surface area contributed by atoms with Gasteiger partial charge in [0.1, 0.15) is 12.4 Å². The Morgan fingerprint density at radius 3 is 2.67 bits per heavy atom. The van der Waals surface area contributed by atoms with Crippen molar-refractivity contribution in [2.24, 2.45) is 12.0 Å². The van der Waals surface area contributed by atoms with Crippen LogP contribution in [0.2, 0.25) is 0 Å². The Morgan fingerprint density at radius 2 is 1.94 bits per heavy atom. The monoisotopic (exact) mass is 568 g/mol. The number of nitrogens with one attached hydrogen (secondary N) is 2. The van der Waals surface area contributed by atoms with Gasteiger partial charge in [-0.3, -0.25) is 4.90 Å². The molecule has 1 atom stereocenters. The molecule has 0 amide bonds. The number of aryl methyl sites for hydroxylation is 1. The predicted molar refractivity (Wildman–Crippen MR) is 142 cm³/mol. The number of anilines is 1. The Hall–Kier alpha value is -1.92. The van der Waals surface area contributed by atoms with Crippen LogP contribution in [0, 0.1) is 6.92 Å². The van der Waals surface area contributed by atoms with Crippen LogP contribution in [0.15, 0.2) is 35.3 Å². The van der Waals surface area contributed by atoms with Crippen molar-refractivity contribution in [3.05, 3.63) is 42.0 Å². The number of ether oxygens (including phenoxy) is 1. The van der Waals surface area contributed by atoms with Gasteiger partial charge in [-0.15, -0.1) is 34.2 Å². The van der Waals surface area contributed by atoms with Gasteiger partial charge in [0, 0.05) is 58.0 Å². The number of halogens is 1. The van der Waals surface area contributed by atoms with Crippen molar-refractivity contribution < 1.29 is 4.74 Å². The fourth-order valence-corrected chi connectivity index (χ4v) is 4.21. The molecule has 10 heteroatoms. The van der Waals surface area contributed by atoms with Crippen molar-refractivity contribution in [3.8, 4) is 0 Å². The molecule has 33 heavy (non-hydrogen) atoms. The largest absolute Gasteiger partial charge is 0.379 e. The van der Waals surface area contributed by atoms with Gasteiger partial charge in [0.25, 0.3) is 0 Å². The number of para-hydroxylation sites is 1. The van der Waals surface area contributed by atoms with Gasteiger partial charge in [-0.25, -0.2) is 4.99 Å². The molecule has 2 fully saturated rings. The van der Waals surface area contributed by atoms with Crippen molar-refractivity contribution >= 4 is 35.6 Å². The lowest BCUT2D eigenvalue weighted by Crippen LogP contribution is -2.52. The summed E-state index contributed by atoms with van der Waals surface area (Å²) in [5.74, 6) is 2.61. The molecule has 1 aromatic heterocycles. The number of nitrogens with zero attached hydrogens (tertiary/aromatic N) is 6. The summed E-state index contributed by atoms with van der Waals surface area (Å²) in [6.07, 6.45) is 2.30. The molecule has 1 unspecified atom stereocenters. The van der Waals surface area contributed by atoms with Crippen LogP contribution in [0.25, 0.3) is 0 Å². The van der Waals surface area contributed by atoms with Crippen LogP contribution < -0.4 is 15.5 Å². The Balaban J connectivity index is 0.00000306. The minimum absolute atomic E-state index is 0. The number of hydrogen-bond acceptors (Lipinski definition) is 6. The Labute approximate surface area is 214 Å². The summed E-state index contributed by atoms with van der Waals surface area (Å²) >= 11 is 0. The summed E-state index contributed by atoms with van der Waals surface area (Å²) in [7, 11) is 1.98. The van der Waals surface area contributed by atoms with Crippen LogP contribution in [0.1, 0.15) is 24.5 Å². The van der Waals surface area contributed by atoms with Gasteiger partial charge in [-0.2, -0.15) is 0 Å². The third-order valence-electron chi connectivity index (χ3n) is 6.27. The summed E-state index contributed by atoms with van der Waals surface area (Å²) in [5, 5.41) is 15.6. The number of hydrogen-bond donors (Lipinski definition) is 2. The molecule has 1 aromatic carbocycles. The molecule has 2 N–H and O–H groups in total. The van der Waals surface area contributed by atoms with Crippen molar-refractivity contribution in [3.63, 3.8) is 0 Å². The zero-order valence-electron chi connectivity index (χ0n) is 19.7. The highest BCUT2D eigenvalue weighted by Gasteiger charge is 2.21. The van der Waals surface area contributed by atoms with Crippen LogP contribution in [0.3, 0.4) is 0 Å². The van der Waals surface area contributed by atoms with Gasteiger partial charge in [0.15, 0.2) is 11.8 Å². The van der Waals surface area contributed by atoms with E-state index in [1.807, 2.05) is 18.5 Å². The van der Waals surface area contributed by atoms with E-state index in [1.54, 1.807) is 0 Å². The van der Waals surface area contributed by atoms with Crippen LogP contribution in [0.5, 0.6) is 0 Å². The first kappa shape index (κ1) is 25.7. The van der Waals surface area contributed by atoms with E-state index < -0.39 is 0 Å². The molecule has 0 radical (unpaired) electrons. The molecule has 182 valence electrons. The maximum atomic E-state index is 5.46. The maximum absolute atomic E-state index is 5.46. The van der Waals surface area contributed by atoms with Gasteiger partial charge in [-0.05, 0) is 31.9 Å². The third-order valence-corrected chi connectivity index (χ3v) is 6.27. The molecule has 2 aromatic rings. The Kier molecular flexibility index (Phi) is 10.2. The zero-order chi connectivity index (χ0) is 22.2. The van der Waals surface area contributed by atoms with E-state index in [1.165, 1.54) is 5.69 Å². The van der Waals surface area contributed by atoms with E-state index in [9.17, 15) is 0 Å². The zero-order valence-corrected chi connectivity index (χ0v) is 22.1. The predicted octanol–water partition coefficient (Wildman–Crippen LogP) is 1.78. The molecule has 4 rings (SSSR count). The minimum atomic E-state index is 0. The number of aliphatic imine (C=N–C) groups is 1. The molecular weight excluding hydrogens is 531 g/mol. The quantitative estimate of drug-likeness (QED) is 0.300. The summed E-state index contributed by atoms with van der Waals surface area (Å²) in [4.78, 5) is 9.74. The molecule has 0 aliphatic carbocycles. The number of rotatable bonds is 7. The summed E-state index contributed by atoms with van der Waals surface area (Å²) in [6, 6.07) is 11.0. The second-order valence-electron chi connectivity index (χ2n) is 8.53. The standard InChI is InChI=1S/C23H36N8O.HI/c1-19-27-28-22(29(19)2)17-25-23(24-10-12-30-13-15-32-16-14-30)26-20-7-6-11-31(18-20)21-8-4-3-5-9-21;/h3-5,8-9,20H,6-7,10-18H2,1-2H3,(H2,24,25,26);1H. The van der Waals surface area contributed by atoms with Gasteiger partial charge in [-0.1, -0.05) is 18.2 Å². The highest BCUT2D eigenvalue weighted by Crippen LogP contribution is 2.19. The first-order valence-electron chi connectivity index (χ1n) is 11.7. The highest BCUT2D eigenvalue weighted by atomic mass is 127. The van der Waals surface area contributed by atoms with Gasteiger partial charge in [0.2, 0.25) is 0 Å². The first-order chi connectivity index (χ1) is 15.7. The van der Waals surface area contributed by atoms with E-state index >= 15 is 0 Å². The number of piperidine rings is 1. The minimum Gasteiger partial charge on any atom is -0.379 e. The molecule has 3 heterocycles. The summed E-state index contributed by atoms with van der Waals surface area (Å²) < 4.78 is 7.45. The average Bonchev–Trinajstić information content (AvgIpc) is 3.16. The summed E-state index contributed by atoms with van der Waals surface area (Å²) in [6.45, 7) is 9.98. The lowest BCUT2D eigenvalue weighted by atomic mass is 10.1. The molecular formula is C23H37IN8O. The number of benzene rings is 1. The molecule has 0 bridgehead atoms. The van der Waals surface area contributed by atoms with Gasteiger partial charge < -0.3 is 24.8 Å². The Morgan fingerprint density at radius 1 is 1.15 bits per heavy atom. The van der Waals surface area contributed by atoms with Crippen molar-refractivity contribution in [1.82, 2.24) is 30.3 Å². The SMILES string of the molecule is Cc1nnc(CN=C(NCCN2CCOCC2)NC2CCCN(c3ccccc3)C2)n1C.I. The smallest absolute Gasteiger partial charge is 0.192 e. The first-order valence-corrected chi connectivity index (χ1v) is 11.7. The van der Waals surface area contributed by atoms with E-state index in [0.29, 0.717) is 12.6 Å². The molecule has 0 saturated carbocycles. The van der Waals surface area contributed by atoms with Crippen LogP contribution in [-0.4, -0.2) is 84.1 Å². The second-order valence-corrected chi connectivity index (χ2v) is 8.53.